The Balaban J connectivity index is 2.50. The fourth-order valence-electron chi connectivity index (χ4n) is 3.06. The maximum atomic E-state index is 12.1. The van der Waals surface area contributed by atoms with Gasteiger partial charge in [-0.15, -0.1) is 0 Å². The maximum absolute atomic E-state index is 12.1. The molecule has 1 fully saturated rings. The summed E-state index contributed by atoms with van der Waals surface area (Å²) in [5.41, 5.74) is 5.94. The van der Waals surface area contributed by atoms with E-state index in [9.17, 15) is 4.79 Å². The van der Waals surface area contributed by atoms with E-state index in [1.54, 1.807) is 0 Å². The van der Waals surface area contributed by atoms with Gasteiger partial charge in [0.25, 0.3) is 0 Å². The number of nitrogens with two attached hydrogens (primary N) is 1. The van der Waals surface area contributed by atoms with Crippen LogP contribution in [0.25, 0.3) is 0 Å². The lowest BCUT2D eigenvalue weighted by molar-refractivity contribution is -0.126. The summed E-state index contributed by atoms with van der Waals surface area (Å²) < 4.78 is 0. The molecule has 1 rings (SSSR count). The Kier molecular flexibility index (Phi) is 4.23. The van der Waals surface area contributed by atoms with Crippen molar-refractivity contribution in [1.29, 1.82) is 0 Å². The first kappa shape index (κ1) is 14.5. The molecular weight excluding hydrogens is 212 g/mol. The average Bonchev–Trinajstić information content (AvgIpc) is 2.45. The molecule has 1 aliphatic rings. The number of carbonyl (C=O) groups excluding carboxylic acids is 1. The van der Waals surface area contributed by atoms with E-state index in [0.717, 1.165) is 25.7 Å². The molecule has 2 atom stereocenters. The monoisotopic (exact) mass is 240 g/mol. The van der Waals surface area contributed by atoms with Gasteiger partial charge in [0.05, 0.1) is 0 Å². The number of hydrogen-bond donors (Lipinski definition) is 2. The van der Waals surface area contributed by atoms with E-state index in [1.807, 2.05) is 0 Å². The van der Waals surface area contributed by atoms with E-state index >= 15 is 0 Å². The molecule has 0 aliphatic heterocycles. The quantitative estimate of drug-likeness (QED) is 0.796. The third kappa shape index (κ3) is 5.07. The molecule has 0 spiro atoms. The van der Waals surface area contributed by atoms with Crippen LogP contribution in [-0.4, -0.2) is 17.5 Å². The number of amides is 1. The second-order valence-electron chi connectivity index (χ2n) is 7.38. The molecule has 17 heavy (non-hydrogen) atoms. The molecule has 0 aromatic carbocycles. The van der Waals surface area contributed by atoms with Gasteiger partial charge in [-0.1, -0.05) is 20.8 Å². The highest BCUT2D eigenvalue weighted by Gasteiger charge is 2.32. The smallest absolute Gasteiger partial charge is 0.223 e. The SMILES string of the molecule is CC(C)(C)CC(C)(C)NC(=O)C1CCC(N)C1. The van der Waals surface area contributed by atoms with Crippen LogP contribution >= 0.6 is 0 Å². The first-order valence-electron chi connectivity index (χ1n) is 6.67. The van der Waals surface area contributed by atoms with Gasteiger partial charge >= 0.3 is 0 Å². The van der Waals surface area contributed by atoms with Crippen LogP contribution in [0.4, 0.5) is 0 Å². The highest BCUT2D eigenvalue weighted by molar-refractivity contribution is 5.79. The zero-order valence-electron chi connectivity index (χ0n) is 12.0. The Hall–Kier alpha value is -0.570. The van der Waals surface area contributed by atoms with Crippen molar-refractivity contribution < 1.29 is 4.79 Å². The molecule has 0 radical (unpaired) electrons. The van der Waals surface area contributed by atoms with E-state index in [0.29, 0.717) is 0 Å². The zero-order valence-corrected chi connectivity index (χ0v) is 12.0. The lowest BCUT2D eigenvalue weighted by Crippen LogP contribution is -2.47. The van der Waals surface area contributed by atoms with Crippen molar-refractivity contribution in [2.45, 2.75) is 71.9 Å². The summed E-state index contributed by atoms with van der Waals surface area (Å²) in [6, 6.07) is 0.219. The number of hydrogen-bond acceptors (Lipinski definition) is 2. The molecule has 1 aliphatic carbocycles. The lowest BCUT2D eigenvalue weighted by Gasteiger charge is -2.34. The molecule has 3 heteroatoms. The first-order chi connectivity index (χ1) is 7.59. The summed E-state index contributed by atoms with van der Waals surface area (Å²) in [6.45, 7) is 10.8. The van der Waals surface area contributed by atoms with Crippen LogP contribution in [0.5, 0.6) is 0 Å². The molecule has 100 valence electrons. The third-order valence-electron chi connectivity index (χ3n) is 3.28. The molecule has 1 saturated carbocycles. The van der Waals surface area contributed by atoms with E-state index in [-0.39, 0.29) is 28.8 Å². The van der Waals surface area contributed by atoms with Gasteiger partial charge in [0.2, 0.25) is 5.91 Å². The molecule has 0 saturated heterocycles. The summed E-state index contributed by atoms with van der Waals surface area (Å²) in [5, 5.41) is 3.18. The van der Waals surface area contributed by atoms with Gasteiger partial charge in [0, 0.05) is 17.5 Å². The molecule has 2 unspecified atom stereocenters. The minimum Gasteiger partial charge on any atom is -0.351 e. The maximum Gasteiger partial charge on any atom is 0.223 e. The number of rotatable bonds is 3. The van der Waals surface area contributed by atoms with Gasteiger partial charge in [0.1, 0.15) is 0 Å². The van der Waals surface area contributed by atoms with Gasteiger partial charge in [0.15, 0.2) is 0 Å². The normalized spacial score (nSPS) is 26.0. The molecule has 0 heterocycles. The van der Waals surface area contributed by atoms with Crippen molar-refractivity contribution in [3.8, 4) is 0 Å². The Morgan fingerprint density at radius 2 is 1.82 bits per heavy atom. The van der Waals surface area contributed by atoms with Crippen LogP contribution in [0.1, 0.15) is 60.3 Å². The number of nitrogens with one attached hydrogen (secondary N) is 1. The van der Waals surface area contributed by atoms with Crippen LogP contribution in [0, 0.1) is 11.3 Å². The largest absolute Gasteiger partial charge is 0.351 e. The van der Waals surface area contributed by atoms with Gasteiger partial charge < -0.3 is 11.1 Å². The molecular formula is C14H28N2O. The Morgan fingerprint density at radius 3 is 2.24 bits per heavy atom. The predicted molar refractivity (Wildman–Crippen MR) is 71.6 cm³/mol. The van der Waals surface area contributed by atoms with Crippen molar-refractivity contribution in [3.05, 3.63) is 0 Å². The Morgan fingerprint density at radius 1 is 1.24 bits per heavy atom. The molecule has 0 aromatic heterocycles. The van der Waals surface area contributed by atoms with E-state index in [2.05, 4.69) is 39.9 Å². The standard InChI is InChI=1S/C14H28N2O/c1-13(2,3)9-14(4,5)16-12(17)10-6-7-11(15)8-10/h10-11H,6-9,15H2,1-5H3,(H,16,17). The predicted octanol–water partition coefficient (Wildman–Crippen LogP) is 2.44. The summed E-state index contributed by atoms with van der Waals surface area (Å²) in [6.07, 6.45) is 3.75. The molecule has 1 amide bonds. The molecule has 0 bridgehead atoms. The van der Waals surface area contributed by atoms with Crippen LogP contribution in [0.3, 0.4) is 0 Å². The minimum absolute atomic E-state index is 0.129. The van der Waals surface area contributed by atoms with Crippen molar-refractivity contribution in [1.82, 2.24) is 5.32 Å². The fraction of sp³-hybridized carbons (Fsp3) is 0.929. The number of carbonyl (C=O) groups is 1. The lowest BCUT2D eigenvalue weighted by atomic mass is 9.81. The molecule has 3 nitrogen and oxygen atoms in total. The van der Waals surface area contributed by atoms with Gasteiger partial charge in [-0.2, -0.15) is 0 Å². The fourth-order valence-corrected chi connectivity index (χ4v) is 3.06. The molecule has 3 N–H and O–H groups in total. The second kappa shape index (κ2) is 4.97. The van der Waals surface area contributed by atoms with Crippen LogP contribution < -0.4 is 11.1 Å². The summed E-state index contributed by atoms with van der Waals surface area (Å²) >= 11 is 0. The summed E-state index contributed by atoms with van der Waals surface area (Å²) in [7, 11) is 0. The van der Waals surface area contributed by atoms with Gasteiger partial charge in [-0.05, 0) is 44.9 Å². The Labute approximate surface area is 106 Å². The van der Waals surface area contributed by atoms with Crippen molar-refractivity contribution in [2.75, 3.05) is 0 Å². The Bertz CT molecular complexity index is 278. The van der Waals surface area contributed by atoms with Gasteiger partial charge in [-0.3, -0.25) is 4.79 Å². The summed E-state index contributed by atoms with van der Waals surface area (Å²) in [4.78, 5) is 12.1. The average molecular weight is 240 g/mol. The van der Waals surface area contributed by atoms with Gasteiger partial charge in [-0.25, -0.2) is 0 Å². The summed E-state index contributed by atoms with van der Waals surface area (Å²) in [5.74, 6) is 0.316. The topological polar surface area (TPSA) is 55.1 Å². The van der Waals surface area contributed by atoms with Crippen molar-refractivity contribution in [3.63, 3.8) is 0 Å². The van der Waals surface area contributed by atoms with Crippen molar-refractivity contribution in [2.24, 2.45) is 17.1 Å². The second-order valence-corrected chi connectivity index (χ2v) is 7.38. The zero-order chi connectivity index (χ0) is 13.3. The van der Waals surface area contributed by atoms with E-state index in [1.165, 1.54) is 0 Å². The van der Waals surface area contributed by atoms with Crippen LogP contribution in [-0.2, 0) is 4.79 Å². The minimum atomic E-state index is -0.137. The van der Waals surface area contributed by atoms with E-state index in [4.69, 9.17) is 5.73 Å². The highest BCUT2D eigenvalue weighted by Crippen LogP contribution is 2.29. The van der Waals surface area contributed by atoms with Crippen LogP contribution in [0.2, 0.25) is 0 Å². The van der Waals surface area contributed by atoms with Crippen molar-refractivity contribution >= 4 is 5.91 Å². The molecule has 0 aromatic rings. The van der Waals surface area contributed by atoms with Crippen LogP contribution in [0.15, 0.2) is 0 Å². The first-order valence-corrected chi connectivity index (χ1v) is 6.67. The highest BCUT2D eigenvalue weighted by atomic mass is 16.2. The third-order valence-corrected chi connectivity index (χ3v) is 3.28. The van der Waals surface area contributed by atoms with E-state index < -0.39 is 0 Å².